The monoisotopic (exact) mass is 400 g/mol. The molecule has 3 aromatic rings. The molecule has 146 valence electrons. The summed E-state index contributed by atoms with van der Waals surface area (Å²) in [4.78, 5) is 29.0. The van der Waals surface area contributed by atoms with Crippen LogP contribution < -0.4 is 14.3 Å². The number of carbonyl (C=O) groups is 2. The summed E-state index contributed by atoms with van der Waals surface area (Å²) < 4.78 is 17.9. The van der Waals surface area contributed by atoms with E-state index in [1.54, 1.807) is 38.5 Å². The summed E-state index contributed by atoms with van der Waals surface area (Å²) >= 11 is 1.38. The maximum atomic E-state index is 12.6. The van der Waals surface area contributed by atoms with Crippen molar-refractivity contribution in [3.8, 4) is 11.5 Å². The zero-order valence-corrected chi connectivity index (χ0v) is 16.6. The Morgan fingerprint density at radius 2 is 1.68 bits per heavy atom. The van der Waals surface area contributed by atoms with Crippen LogP contribution in [0.3, 0.4) is 0 Å². The number of fused-ring (bicyclic) bond motifs is 1. The van der Waals surface area contributed by atoms with Crippen LogP contribution in [0.5, 0.6) is 11.5 Å². The topological polar surface area (TPSA) is 79.1 Å². The molecule has 7 nitrogen and oxygen atoms in total. The van der Waals surface area contributed by atoms with Gasteiger partial charge in [-0.2, -0.15) is 4.99 Å². The second-order valence-corrected chi connectivity index (χ2v) is 6.85. The first-order valence-corrected chi connectivity index (χ1v) is 9.34. The summed E-state index contributed by atoms with van der Waals surface area (Å²) in [5.74, 6) is 0.652. The van der Waals surface area contributed by atoms with Gasteiger partial charge in [0.1, 0.15) is 11.5 Å². The van der Waals surface area contributed by atoms with Gasteiger partial charge in [-0.15, -0.1) is 0 Å². The Morgan fingerprint density at radius 3 is 2.32 bits per heavy atom. The van der Waals surface area contributed by atoms with Gasteiger partial charge in [0.2, 0.25) is 0 Å². The number of carbonyl (C=O) groups excluding carboxylic acids is 2. The molecule has 0 aliphatic carbocycles. The number of methoxy groups -OCH3 is 3. The number of rotatable bonds is 6. The van der Waals surface area contributed by atoms with Crippen molar-refractivity contribution in [2.75, 3.05) is 21.3 Å². The molecule has 1 amide bonds. The fraction of sp³-hybridized carbons (Fsp3) is 0.250. The fourth-order valence-electron chi connectivity index (χ4n) is 2.67. The molecule has 3 rings (SSSR count). The van der Waals surface area contributed by atoms with E-state index in [1.165, 1.54) is 18.4 Å². The van der Waals surface area contributed by atoms with Gasteiger partial charge in [-0.1, -0.05) is 11.3 Å². The first-order valence-electron chi connectivity index (χ1n) is 8.53. The van der Waals surface area contributed by atoms with Crippen LogP contribution in [0.25, 0.3) is 10.2 Å². The number of ether oxygens (including phenoxy) is 3. The van der Waals surface area contributed by atoms with Gasteiger partial charge in [-0.05, 0) is 36.4 Å². The number of hydrogen-bond donors (Lipinski definition) is 0. The van der Waals surface area contributed by atoms with Crippen LogP contribution in [0, 0.1) is 0 Å². The Balaban J connectivity index is 2.05. The van der Waals surface area contributed by atoms with E-state index in [0.29, 0.717) is 28.4 Å². The quantitative estimate of drug-likeness (QED) is 0.594. The normalized spacial score (nSPS) is 11.5. The second-order valence-electron chi connectivity index (χ2n) is 5.84. The number of aromatic nitrogens is 1. The molecule has 0 fully saturated rings. The molecule has 0 atom stereocenters. The van der Waals surface area contributed by atoms with Gasteiger partial charge in [0.15, 0.2) is 4.80 Å². The van der Waals surface area contributed by atoms with Crippen LogP contribution in [-0.4, -0.2) is 37.8 Å². The lowest BCUT2D eigenvalue weighted by Gasteiger charge is -2.06. The van der Waals surface area contributed by atoms with Crippen LogP contribution in [0.4, 0.5) is 0 Å². The van der Waals surface area contributed by atoms with Crippen molar-refractivity contribution in [2.24, 2.45) is 4.99 Å². The molecule has 0 aliphatic rings. The van der Waals surface area contributed by atoms with Crippen molar-refractivity contribution in [1.82, 2.24) is 4.57 Å². The summed E-state index contributed by atoms with van der Waals surface area (Å²) in [5.41, 5.74) is 1.30. The van der Waals surface area contributed by atoms with E-state index in [0.717, 1.165) is 10.2 Å². The Bertz CT molecular complexity index is 1070. The minimum atomic E-state index is -0.368. The largest absolute Gasteiger partial charge is 0.497 e. The van der Waals surface area contributed by atoms with Crippen LogP contribution in [0.15, 0.2) is 47.5 Å². The lowest BCUT2D eigenvalue weighted by Crippen LogP contribution is -2.19. The molecule has 0 N–H and O–H groups in total. The van der Waals surface area contributed by atoms with Crippen LogP contribution in [-0.2, 0) is 16.1 Å². The standard InChI is InChI=1S/C20H20N2O5S/c1-25-14-6-4-13(5-7-14)19(24)21-20-22(11-10-18(23)27-3)16-12-15(26-2)8-9-17(16)28-20/h4-9,12H,10-11H2,1-3H3. The lowest BCUT2D eigenvalue weighted by molar-refractivity contribution is -0.140. The second kappa shape index (κ2) is 8.71. The molecule has 0 spiro atoms. The number of amides is 1. The molecular weight excluding hydrogens is 380 g/mol. The molecule has 0 aliphatic heterocycles. The van der Waals surface area contributed by atoms with Crippen molar-refractivity contribution in [3.63, 3.8) is 0 Å². The van der Waals surface area contributed by atoms with E-state index in [1.807, 2.05) is 22.8 Å². The van der Waals surface area contributed by atoms with Crippen molar-refractivity contribution in [3.05, 3.63) is 52.8 Å². The minimum Gasteiger partial charge on any atom is -0.497 e. The van der Waals surface area contributed by atoms with E-state index in [9.17, 15) is 9.59 Å². The molecule has 0 radical (unpaired) electrons. The average molecular weight is 400 g/mol. The Hall–Kier alpha value is -3.13. The molecule has 0 saturated heterocycles. The molecule has 1 aromatic heterocycles. The molecule has 28 heavy (non-hydrogen) atoms. The summed E-state index contributed by atoms with van der Waals surface area (Å²) in [5, 5.41) is 0. The van der Waals surface area contributed by atoms with Crippen molar-refractivity contribution in [2.45, 2.75) is 13.0 Å². The summed E-state index contributed by atoms with van der Waals surface area (Å²) in [6.07, 6.45) is 0.170. The van der Waals surface area contributed by atoms with Crippen molar-refractivity contribution >= 4 is 33.4 Å². The highest BCUT2D eigenvalue weighted by molar-refractivity contribution is 7.16. The maximum absolute atomic E-state index is 12.6. The number of aryl methyl sites for hydroxylation is 1. The van der Waals surface area contributed by atoms with Crippen LogP contribution in [0.2, 0.25) is 0 Å². The van der Waals surface area contributed by atoms with E-state index in [-0.39, 0.29) is 18.3 Å². The van der Waals surface area contributed by atoms with E-state index in [2.05, 4.69) is 4.99 Å². The highest BCUT2D eigenvalue weighted by atomic mass is 32.1. The first-order chi connectivity index (χ1) is 13.5. The van der Waals surface area contributed by atoms with Crippen LogP contribution >= 0.6 is 11.3 Å². The van der Waals surface area contributed by atoms with Crippen molar-refractivity contribution < 1.29 is 23.8 Å². The number of nitrogens with zero attached hydrogens (tertiary/aromatic N) is 2. The Kier molecular flexibility index (Phi) is 6.10. The third-order valence-corrected chi connectivity index (χ3v) is 5.25. The summed E-state index contributed by atoms with van der Waals surface area (Å²) in [7, 11) is 4.50. The highest BCUT2D eigenvalue weighted by Crippen LogP contribution is 2.23. The fourth-order valence-corrected chi connectivity index (χ4v) is 3.70. The van der Waals surface area contributed by atoms with Gasteiger partial charge < -0.3 is 18.8 Å². The van der Waals surface area contributed by atoms with Gasteiger partial charge in [0, 0.05) is 18.2 Å². The van der Waals surface area contributed by atoms with E-state index < -0.39 is 0 Å². The van der Waals surface area contributed by atoms with E-state index >= 15 is 0 Å². The molecular formula is C20H20N2O5S. The Labute approximate surface area is 165 Å². The summed E-state index contributed by atoms with van der Waals surface area (Å²) in [6.45, 7) is 0.342. The zero-order valence-electron chi connectivity index (χ0n) is 15.8. The van der Waals surface area contributed by atoms with Gasteiger partial charge in [-0.25, -0.2) is 0 Å². The molecule has 0 bridgehead atoms. The third kappa shape index (κ3) is 4.23. The van der Waals surface area contributed by atoms with Gasteiger partial charge >= 0.3 is 5.97 Å². The lowest BCUT2D eigenvalue weighted by atomic mass is 10.2. The summed E-state index contributed by atoms with van der Waals surface area (Å²) in [6, 6.07) is 12.4. The predicted molar refractivity (Wildman–Crippen MR) is 106 cm³/mol. The van der Waals surface area contributed by atoms with Gasteiger partial charge in [-0.3, -0.25) is 9.59 Å². The number of hydrogen-bond acceptors (Lipinski definition) is 6. The Morgan fingerprint density at radius 1 is 1.00 bits per heavy atom. The third-order valence-electron chi connectivity index (χ3n) is 4.19. The number of benzene rings is 2. The van der Waals surface area contributed by atoms with Crippen molar-refractivity contribution in [1.29, 1.82) is 0 Å². The molecule has 2 aromatic carbocycles. The predicted octanol–water partition coefficient (Wildman–Crippen LogP) is 3.02. The highest BCUT2D eigenvalue weighted by Gasteiger charge is 2.12. The van der Waals surface area contributed by atoms with Crippen LogP contribution in [0.1, 0.15) is 16.8 Å². The SMILES string of the molecule is COC(=O)CCn1c(=NC(=O)c2ccc(OC)cc2)sc2ccc(OC)cc21. The number of esters is 1. The maximum Gasteiger partial charge on any atom is 0.307 e. The minimum absolute atomic E-state index is 0.170. The van der Waals surface area contributed by atoms with E-state index in [4.69, 9.17) is 14.2 Å². The van der Waals surface area contributed by atoms with Gasteiger partial charge in [0.05, 0.1) is 38.0 Å². The number of thiazole rings is 1. The smallest absolute Gasteiger partial charge is 0.307 e. The zero-order chi connectivity index (χ0) is 20.1. The molecule has 1 heterocycles. The molecule has 8 heteroatoms. The first kappa shape index (κ1) is 19.6. The molecule has 0 unspecified atom stereocenters. The van der Waals surface area contributed by atoms with Gasteiger partial charge in [0.25, 0.3) is 5.91 Å². The molecule has 0 saturated carbocycles. The average Bonchev–Trinajstić information content (AvgIpc) is 3.07.